The first-order valence-electron chi connectivity index (χ1n) is 5.36. The fraction of sp³-hybridized carbons (Fsp3) is 0.167. The summed E-state index contributed by atoms with van der Waals surface area (Å²) in [6.45, 7) is 2.12. The van der Waals surface area contributed by atoms with E-state index in [1.54, 1.807) is 12.1 Å². The van der Waals surface area contributed by atoms with Crippen molar-refractivity contribution in [3.05, 3.63) is 45.3 Å². The van der Waals surface area contributed by atoms with Gasteiger partial charge < -0.3 is 14.9 Å². The molecule has 0 saturated carbocycles. The second kappa shape index (κ2) is 5.50. The van der Waals surface area contributed by atoms with Crippen molar-refractivity contribution in [1.29, 1.82) is 0 Å². The molecule has 0 fully saturated rings. The van der Waals surface area contributed by atoms with E-state index in [9.17, 15) is 4.79 Å². The summed E-state index contributed by atoms with van der Waals surface area (Å²) in [6, 6.07) is 4.79. The summed E-state index contributed by atoms with van der Waals surface area (Å²) < 4.78 is 4.87. The second-order valence-corrected chi connectivity index (χ2v) is 4.73. The third-order valence-corrected chi connectivity index (χ3v) is 3.20. The van der Waals surface area contributed by atoms with Crippen molar-refractivity contribution < 1.29 is 14.4 Å². The normalized spacial score (nSPS) is 10.5. The Balaban J connectivity index is 2.09. The van der Waals surface area contributed by atoms with Gasteiger partial charge in [-0.2, -0.15) is 0 Å². The molecule has 0 atom stereocenters. The Hall–Kier alpha value is -1.72. The van der Waals surface area contributed by atoms with Gasteiger partial charge in [-0.3, -0.25) is 0 Å². The molecule has 100 valence electrons. The van der Waals surface area contributed by atoms with Gasteiger partial charge in [0, 0.05) is 11.1 Å². The van der Waals surface area contributed by atoms with Crippen molar-refractivity contribution in [3.63, 3.8) is 0 Å². The lowest BCUT2D eigenvalue weighted by Gasteiger charge is -2.08. The predicted molar refractivity (Wildman–Crippen MR) is 72.0 cm³/mol. The molecule has 0 aliphatic carbocycles. The predicted octanol–water partition coefficient (Wildman–Crippen LogP) is 3.60. The van der Waals surface area contributed by atoms with Gasteiger partial charge in [-0.1, -0.05) is 28.4 Å². The van der Waals surface area contributed by atoms with Crippen LogP contribution < -0.4 is 5.32 Å². The van der Waals surface area contributed by atoms with Crippen LogP contribution in [0.2, 0.25) is 10.0 Å². The molecule has 1 heterocycles. The van der Waals surface area contributed by atoms with Gasteiger partial charge in [0.2, 0.25) is 0 Å². The van der Waals surface area contributed by atoms with Gasteiger partial charge in [0.1, 0.15) is 0 Å². The monoisotopic (exact) mass is 300 g/mol. The van der Waals surface area contributed by atoms with Gasteiger partial charge in [0.25, 0.3) is 0 Å². The Kier molecular flexibility index (Phi) is 3.97. The van der Waals surface area contributed by atoms with Crippen molar-refractivity contribution in [1.82, 2.24) is 5.16 Å². The van der Waals surface area contributed by atoms with Crippen LogP contribution in [0.15, 0.2) is 22.7 Å². The Labute approximate surface area is 119 Å². The number of carboxylic acids is 1. The lowest BCUT2D eigenvalue weighted by Crippen LogP contribution is -1.99. The Morgan fingerprint density at radius 1 is 1.37 bits per heavy atom. The van der Waals surface area contributed by atoms with Gasteiger partial charge in [0.05, 0.1) is 17.3 Å². The fourth-order valence-electron chi connectivity index (χ4n) is 1.46. The van der Waals surface area contributed by atoms with Crippen LogP contribution in [0, 0.1) is 6.92 Å². The van der Waals surface area contributed by atoms with Crippen LogP contribution in [0.4, 0.5) is 5.69 Å². The number of hydrogen-bond donors (Lipinski definition) is 2. The zero-order valence-electron chi connectivity index (χ0n) is 9.91. The number of aryl methyl sites for hydroxylation is 1. The van der Waals surface area contributed by atoms with Gasteiger partial charge in [-0.25, -0.2) is 4.79 Å². The number of aromatic nitrogens is 1. The first kappa shape index (κ1) is 13.7. The fourth-order valence-corrected chi connectivity index (χ4v) is 1.91. The molecular formula is C12H10Cl2N2O3. The van der Waals surface area contributed by atoms with Crippen LogP contribution in [-0.2, 0) is 6.54 Å². The molecule has 2 rings (SSSR count). The molecule has 0 amide bonds. The van der Waals surface area contributed by atoms with Gasteiger partial charge in [-0.15, -0.1) is 0 Å². The van der Waals surface area contributed by atoms with Crippen molar-refractivity contribution in [3.8, 4) is 0 Å². The molecule has 2 aromatic rings. The molecule has 5 nitrogen and oxygen atoms in total. The number of halogens is 2. The number of nitrogens with zero attached hydrogens (tertiary/aromatic N) is 1. The number of carboxylic acid groups (broad SMARTS) is 1. The van der Waals surface area contributed by atoms with E-state index in [4.69, 9.17) is 32.8 Å². The minimum absolute atomic E-state index is 0.134. The van der Waals surface area contributed by atoms with E-state index >= 15 is 0 Å². The number of nitrogens with one attached hydrogen (secondary N) is 1. The smallest absolute Gasteiger partial charge is 0.358 e. The first-order valence-corrected chi connectivity index (χ1v) is 6.11. The highest BCUT2D eigenvalue weighted by Crippen LogP contribution is 2.29. The van der Waals surface area contributed by atoms with Gasteiger partial charge in [0.15, 0.2) is 11.5 Å². The zero-order valence-corrected chi connectivity index (χ0v) is 11.4. The molecular weight excluding hydrogens is 291 g/mol. The van der Waals surface area contributed by atoms with Crippen LogP contribution >= 0.6 is 23.2 Å². The second-order valence-electron chi connectivity index (χ2n) is 3.92. The maximum Gasteiger partial charge on any atom is 0.358 e. The minimum atomic E-state index is -1.13. The van der Waals surface area contributed by atoms with Crippen LogP contribution in [0.3, 0.4) is 0 Å². The van der Waals surface area contributed by atoms with E-state index in [0.29, 0.717) is 21.5 Å². The number of anilines is 1. The largest absolute Gasteiger partial charge is 0.476 e. The van der Waals surface area contributed by atoms with E-state index in [0.717, 1.165) is 5.56 Å². The average molecular weight is 301 g/mol. The van der Waals surface area contributed by atoms with Crippen molar-refractivity contribution in [2.75, 3.05) is 5.32 Å². The van der Waals surface area contributed by atoms with E-state index in [2.05, 4.69) is 10.5 Å². The summed E-state index contributed by atoms with van der Waals surface area (Å²) in [4.78, 5) is 10.6. The number of carbonyl (C=O) groups is 1. The topological polar surface area (TPSA) is 75.4 Å². The molecule has 7 heteroatoms. The van der Waals surface area contributed by atoms with Crippen LogP contribution in [-0.4, -0.2) is 16.2 Å². The third-order valence-electron chi connectivity index (χ3n) is 2.48. The first-order chi connectivity index (χ1) is 8.97. The van der Waals surface area contributed by atoms with E-state index in [1.165, 1.54) is 6.07 Å². The van der Waals surface area contributed by atoms with Crippen molar-refractivity contribution in [2.24, 2.45) is 0 Å². The number of hydrogen-bond acceptors (Lipinski definition) is 4. The Morgan fingerprint density at radius 2 is 2.11 bits per heavy atom. The van der Waals surface area contributed by atoms with Crippen molar-refractivity contribution >= 4 is 34.9 Å². The summed E-state index contributed by atoms with van der Waals surface area (Å²) in [5.74, 6) is -0.739. The number of rotatable bonds is 4. The molecule has 1 aromatic carbocycles. The minimum Gasteiger partial charge on any atom is -0.476 e. The molecule has 0 aliphatic rings. The third kappa shape index (κ3) is 3.19. The molecule has 0 aliphatic heterocycles. The molecule has 0 bridgehead atoms. The quantitative estimate of drug-likeness (QED) is 0.902. The average Bonchev–Trinajstić information content (AvgIpc) is 2.81. The van der Waals surface area contributed by atoms with Crippen LogP contribution in [0.1, 0.15) is 21.8 Å². The van der Waals surface area contributed by atoms with Gasteiger partial charge in [-0.05, 0) is 24.6 Å². The zero-order chi connectivity index (χ0) is 14.0. The Morgan fingerprint density at radius 3 is 2.74 bits per heavy atom. The summed E-state index contributed by atoms with van der Waals surface area (Å²) in [7, 11) is 0. The van der Waals surface area contributed by atoms with Crippen LogP contribution in [0.5, 0.6) is 0 Å². The molecule has 2 N–H and O–H groups in total. The maximum atomic E-state index is 10.6. The standard InChI is InChI=1S/C12H10Cl2N2O3/c1-6-2-9(14)10(4-8(6)13)15-5-7-3-11(12(17)18)16-19-7/h2-4,15H,5H2,1H3,(H,17,18). The summed E-state index contributed by atoms with van der Waals surface area (Å²) in [5.41, 5.74) is 1.39. The molecule has 19 heavy (non-hydrogen) atoms. The van der Waals surface area contributed by atoms with E-state index in [1.807, 2.05) is 6.92 Å². The van der Waals surface area contributed by atoms with Gasteiger partial charge >= 0.3 is 5.97 Å². The molecule has 0 spiro atoms. The highest BCUT2D eigenvalue weighted by atomic mass is 35.5. The lowest BCUT2D eigenvalue weighted by atomic mass is 10.2. The Bertz CT molecular complexity index is 625. The summed E-state index contributed by atoms with van der Waals surface area (Å²) in [6.07, 6.45) is 0. The summed E-state index contributed by atoms with van der Waals surface area (Å²) >= 11 is 12.1. The number of benzene rings is 1. The highest BCUT2D eigenvalue weighted by Gasteiger charge is 2.11. The van der Waals surface area contributed by atoms with Crippen molar-refractivity contribution in [2.45, 2.75) is 13.5 Å². The van der Waals surface area contributed by atoms with E-state index in [-0.39, 0.29) is 12.2 Å². The molecule has 1 aromatic heterocycles. The maximum absolute atomic E-state index is 10.6. The van der Waals surface area contributed by atoms with E-state index < -0.39 is 5.97 Å². The van der Waals surface area contributed by atoms with Crippen LogP contribution in [0.25, 0.3) is 0 Å². The molecule has 0 saturated heterocycles. The molecule has 0 radical (unpaired) electrons. The summed E-state index contributed by atoms with van der Waals surface area (Å²) in [5, 5.41) is 16.2. The lowest BCUT2D eigenvalue weighted by molar-refractivity contribution is 0.0685. The highest BCUT2D eigenvalue weighted by molar-refractivity contribution is 6.35. The number of aromatic carboxylic acids is 1. The SMILES string of the molecule is Cc1cc(Cl)c(NCc2cc(C(=O)O)no2)cc1Cl. The molecule has 0 unspecified atom stereocenters.